The molecule has 6 heteroatoms. The molecule has 5 nitrogen and oxygen atoms in total. The number of carbonyl (C=O) groups excluding carboxylic acids is 1. The van der Waals surface area contributed by atoms with Gasteiger partial charge in [0.25, 0.3) is 5.56 Å². The molecule has 1 atom stereocenters. The van der Waals surface area contributed by atoms with Crippen LogP contribution in [0.4, 0.5) is 0 Å². The van der Waals surface area contributed by atoms with E-state index >= 15 is 0 Å². The van der Waals surface area contributed by atoms with E-state index < -0.39 is 5.25 Å². The van der Waals surface area contributed by atoms with Gasteiger partial charge in [0, 0.05) is 6.54 Å². The van der Waals surface area contributed by atoms with E-state index in [-0.39, 0.29) is 11.5 Å². The molecule has 1 amide bonds. The number of nitrogens with one attached hydrogen (secondary N) is 1. The first kappa shape index (κ1) is 21.8. The summed E-state index contributed by atoms with van der Waals surface area (Å²) in [5.41, 5.74) is 3.77. The molecule has 162 valence electrons. The van der Waals surface area contributed by atoms with Crippen LogP contribution in [0.2, 0.25) is 0 Å². The summed E-state index contributed by atoms with van der Waals surface area (Å²) in [5.74, 6) is -0.0933. The predicted molar refractivity (Wildman–Crippen MR) is 130 cm³/mol. The number of amides is 1. The Morgan fingerprint density at radius 1 is 0.969 bits per heavy atom. The molecule has 1 N–H and O–H groups in total. The number of nitrogens with zero attached hydrogens (tertiary/aromatic N) is 2. The molecule has 1 heterocycles. The number of benzene rings is 3. The fraction of sp³-hybridized carbons (Fsp3) is 0.192. The van der Waals surface area contributed by atoms with E-state index in [9.17, 15) is 9.59 Å². The molecule has 1 aromatic heterocycles. The van der Waals surface area contributed by atoms with Crippen LogP contribution in [-0.2, 0) is 17.9 Å². The van der Waals surface area contributed by atoms with Gasteiger partial charge in [0.15, 0.2) is 5.16 Å². The van der Waals surface area contributed by atoms with Gasteiger partial charge in [0.2, 0.25) is 5.91 Å². The van der Waals surface area contributed by atoms with Crippen LogP contribution < -0.4 is 10.9 Å². The number of aryl methyl sites for hydroxylation is 1. The number of hydrogen-bond acceptors (Lipinski definition) is 4. The van der Waals surface area contributed by atoms with Gasteiger partial charge in [0.1, 0.15) is 0 Å². The third-order valence-corrected chi connectivity index (χ3v) is 6.34. The van der Waals surface area contributed by atoms with E-state index in [4.69, 9.17) is 4.98 Å². The standard InChI is InChI=1S/C26H25N3O2S/c1-18-12-14-20(15-13-18)16-27-24(30)19(2)32-26-28-23-11-7-6-10-22(23)25(31)29(26)17-21-8-4-3-5-9-21/h3-15,19H,16-17H2,1-2H3,(H,27,30). The van der Waals surface area contributed by atoms with Crippen molar-refractivity contribution in [3.05, 3.63) is 106 Å². The Labute approximate surface area is 191 Å². The van der Waals surface area contributed by atoms with E-state index in [0.717, 1.165) is 11.1 Å². The topological polar surface area (TPSA) is 64.0 Å². The summed E-state index contributed by atoms with van der Waals surface area (Å²) >= 11 is 1.30. The van der Waals surface area contributed by atoms with E-state index in [1.165, 1.54) is 17.3 Å². The van der Waals surface area contributed by atoms with Crippen LogP contribution >= 0.6 is 11.8 Å². The number of para-hydroxylation sites is 1. The molecule has 4 aromatic rings. The SMILES string of the molecule is Cc1ccc(CNC(=O)C(C)Sc2nc3ccccc3c(=O)n2Cc2ccccc2)cc1. The molecule has 3 aromatic carbocycles. The minimum atomic E-state index is -0.407. The molecule has 0 aliphatic carbocycles. The maximum Gasteiger partial charge on any atom is 0.262 e. The first-order valence-electron chi connectivity index (χ1n) is 10.5. The van der Waals surface area contributed by atoms with Crippen molar-refractivity contribution in [1.82, 2.24) is 14.9 Å². The summed E-state index contributed by atoms with van der Waals surface area (Å²) in [5, 5.41) is 3.69. The van der Waals surface area contributed by atoms with Crippen LogP contribution in [0.3, 0.4) is 0 Å². The van der Waals surface area contributed by atoms with Crippen molar-refractivity contribution in [3.63, 3.8) is 0 Å². The van der Waals surface area contributed by atoms with Gasteiger partial charge >= 0.3 is 0 Å². The number of carbonyl (C=O) groups is 1. The first-order chi connectivity index (χ1) is 15.5. The molecule has 0 spiro atoms. The van der Waals surface area contributed by atoms with E-state index in [1.54, 1.807) is 10.6 Å². The molecule has 0 radical (unpaired) electrons. The van der Waals surface area contributed by atoms with Gasteiger partial charge in [-0.1, -0.05) is 84.1 Å². The third-order valence-electron chi connectivity index (χ3n) is 5.25. The summed E-state index contributed by atoms with van der Waals surface area (Å²) in [6, 6.07) is 25.2. The van der Waals surface area contributed by atoms with Crippen LogP contribution in [0.5, 0.6) is 0 Å². The van der Waals surface area contributed by atoms with Gasteiger partial charge in [-0.15, -0.1) is 0 Å². The zero-order chi connectivity index (χ0) is 22.5. The predicted octanol–water partition coefficient (Wildman–Crippen LogP) is 4.55. The Morgan fingerprint density at radius 2 is 1.66 bits per heavy atom. The van der Waals surface area contributed by atoms with Crippen LogP contribution in [0.25, 0.3) is 10.9 Å². The van der Waals surface area contributed by atoms with Gasteiger partial charge in [-0.25, -0.2) is 4.98 Å². The number of hydrogen-bond donors (Lipinski definition) is 1. The van der Waals surface area contributed by atoms with E-state index in [2.05, 4.69) is 5.32 Å². The molecule has 0 fully saturated rings. The molecule has 32 heavy (non-hydrogen) atoms. The number of rotatable bonds is 7. The van der Waals surface area contributed by atoms with Crippen molar-refractivity contribution in [2.75, 3.05) is 0 Å². The van der Waals surface area contributed by atoms with Gasteiger partial charge in [0.05, 0.1) is 22.7 Å². The molecule has 0 aliphatic rings. The molecule has 0 saturated heterocycles. The highest BCUT2D eigenvalue weighted by atomic mass is 32.2. The zero-order valence-corrected chi connectivity index (χ0v) is 18.9. The molecule has 0 aliphatic heterocycles. The fourth-order valence-corrected chi connectivity index (χ4v) is 4.33. The van der Waals surface area contributed by atoms with E-state index in [1.807, 2.05) is 86.6 Å². The second kappa shape index (κ2) is 9.83. The Balaban J connectivity index is 1.57. The molecule has 1 unspecified atom stereocenters. The average molecular weight is 444 g/mol. The number of thioether (sulfide) groups is 1. The lowest BCUT2D eigenvalue weighted by Gasteiger charge is -2.16. The smallest absolute Gasteiger partial charge is 0.262 e. The molecule has 4 rings (SSSR count). The second-order valence-electron chi connectivity index (χ2n) is 7.75. The van der Waals surface area contributed by atoms with Gasteiger partial charge < -0.3 is 5.32 Å². The summed E-state index contributed by atoms with van der Waals surface area (Å²) in [7, 11) is 0. The average Bonchev–Trinajstić information content (AvgIpc) is 2.81. The maximum atomic E-state index is 13.3. The fourth-order valence-electron chi connectivity index (χ4n) is 3.39. The highest BCUT2D eigenvalue weighted by Gasteiger charge is 2.19. The van der Waals surface area contributed by atoms with Crippen molar-refractivity contribution in [1.29, 1.82) is 0 Å². The molecule has 0 bridgehead atoms. The third kappa shape index (κ3) is 5.08. The Bertz CT molecular complexity index is 1280. The Kier molecular flexibility index (Phi) is 6.71. The minimum Gasteiger partial charge on any atom is -0.351 e. The summed E-state index contributed by atoms with van der Waals surface area (Å²) in [4.78, 5) is 30.7. The van der Waals surface area contributed by atoms with Crippen molar-refractivity contribution in [2.24, 2.45) is 0 Å². The monoisotopic (exact) mass is 443 g/mol. The normalized spacial score (nSPS) is 11.9. The maximum absolute atomic E-state index is 13.3. The molecular weight excluding hydrogens is 418 g/mol. The van der Waals surface area contributed by atoms with Crippen LogP contribution in [-0.4, -0.2) is 20.7 Å². The van der Waals surface area contributed by atoms with Gasteiger partial charge in [-0.05, 0) is 37.1 Å². The Morgan fingerprint density at radius 3 is 2.41 bits per heavy atom. The number of fused-ring (bicyclic) bond motifs is 1. The molecule has 0 saturated carbocycles. The van der Waals surface area contributed by atoms with Crippen molar-refractivity contribution < 1.29 is 4.79 Å². The first-order valence-corrected chi connectivity index (χ1v) is 11.4. The zero-order valence-electron chi connectivity index (χ0n) is 18.1. The van der Waals surface area contributed by atoms with E-state index in [0.29, 0.717) is 29.1 Å². The highest BCUT2D eigenvalue weighted by molar-refractivity contribution is 8.00. The second-order valence-corrected chi connectivity index (χ2v) is 9.06. The lowest BCUT2D eigenvalue weighted by atomic mass is 10.1. The summed E-state index contributed by atoms with van der Waals surface area (Å²) < 4.78 is 1.66. The largest absolute Gasteiger partial charge is 0.351 e. The van der Waals surface area contributed by atoms with Gasteiger partial charge in [-0.3, -0.25) is 14.2 Å². The summed E-state index contributed by atoms with van der Waals surface area (Å²) in [6.45, 7) is 4.74. The molecular formula is C26H25N3O2S. The quantitative estimate of drug-likeness (QED) is 0.336. The number of aromatic nitrogens is 2. The highest BCUT2D eigenvalue weighted by Crippen LogP contribution is 2.23. The minimum absolute atomic E-state index is 0.0933. The van der Waals surface area contributed by atoms with Crippen LogP contribution in [0.15, 0.2) is 88.8 Å². The van der Waals surface area contributed by atoms with Crippen molar-refractivity contribution in [2.45, 2.75) is 37.3 Å². The van der Waals surface area contributed by atoms with Crippen LogP contribution in [0, 0.1) is 6.92 Å². The lowest BCUT2D eigenvalue weighted by Crippen LogP contribution is -2.31. The summed E-state index contributed by atoms with van der Waals surface area (Å²) in [6.07, 6.45) is 0. The van der Waals surface area contributed by atoms with Crippen molar-refractivity contribution >= 4 is 28.6 Å². The van der Waals surface area contributed by atoms with Crippen molar-refractivity contribution in [3.8, 4) is 0 Å². The van der Waals surface area contributed by atoms with Gasteiger partial charge in [-0.2, -0.15) is 0 Å². The Hall–Kier alpha value is -3.38. The van der Waals surface area contributed by atoms with Crippen LogP contribution in [0.1, 0.15) is 23.6 Å². The lowest BCUT2D eigenvalue weighted by molar-refractivity contribution is -0.120.